The molecule has 0 heterocycles. The monoisotopic (exact) mass is 1040 g/mol. The van der Waals surface area contributed by atoms with E-state index in [-0.39, 0.29) is 31.8 Å². The number of hydrogen-bond donors (Lipinski definition) is 9. The van der Waals surface area contributed by atoms with Gasteiger partial charge in [-0.1, -0.05) is 26.0 Å². The number of nitrogens with one attached hydrogen (secondary N) is 5. The number of ketones is 1. The summed E-state index contributed by atoms with van der Waals surface area (Å²) in [5.74, 6) is -9.24. The fourth-order valence-corrected chi connectivity index (χ4v) is 7.34. The van der Waals surface area contributed by atoms with Crippen molar-refractivity contribution in [2.75, 3.05) is 48.4 Å². The summed E-state index contributed by atoms with van der Waals surface area (Å²) in [5.41, 5.74) is 5.55. The highest BCUT2D eigenvalue weighted by atomic mass is 16.3. The van der Waals surface area contributed by atoms with Gasteiger partial charge in [-0.25, -0.2) is 0 Å². The smallest absolute Gasteiger partial charge is 0.247 e. The number of carbonyl (C=O) groups excluding carboxylic acids is 11. The predicted octanol–water partition coefficient (Wildman–Crippen LogP) is -3.41. The summed E-state index contributed by atoms with van der Waals surface area (Å²) in [5, 5.41) is 44.4. The minimum absolute atomic E-state index is 0.0986. The summed E-state index contributed by atoms with van der Waals surface area (Å²) in [7, 11) is 6.43. The van der Waals surface area contributed by atoms with Gasteiger partial charge in [0.05, 0.1) is 24.8 Å². The Kier molecular flexibility index (Phi) is 28.3. The fraction of sp³-hybridized carbons (Fsp3) is 0.729. The van der Waals surface area contributed by atoms with E-state index in [1.165, 1.54) is 97.6 Å². The van der Waals surface area contributed by atoms with Crippen LogP contribution in [0.25, 0.3) is 0 Å². The van der Waals surface area contributed by atoms with Crippen LogP contribution in [0.15, 0.2) is 12.2 Å². The van der Waals surface area contributed by atoms with Gasteiger partial charge in [-0.2, -0.15) is 0 Å². The van der Waals surface area contributed by atoms with Gasteiger partial charge in [0.15, 0.2) is 0 Å². The highest BCUT2D eigenvalue weighted by molar-refractivity contribution is 5.98. The van der Waals surface area contributed by atoms with E-state index < -0.39 is 144 Å². The Morgan fingerprint density at radius 2 is 1.00 bits per heavy atom. The molecule has 25 nitrogen and oxygen atoms in total. The molecule has 416 valence electrons. The molecule has 0 aromatic carbocycles. The van der Waals surface area contributed by atoms with Crippen molar-refractivity contribution < 1.29 is 68.1 Å². The third-order valence-corrected chi connectivity index (χ3v) is 12.6. The lowest BCUT2D eigenvalue weighted by atomic mass is 9.92. The zero-order valence-electron chi connectivity index (χ0n) is 45.7. The van der Waals surface area contributed by atoms with Crippen LogP contribution in [0.1, 0.15) is 95.9 Å². The molecule has 0 fully saturated rings. The van der Waals surface area contributed by atoms with Crippen LogP contribution in [-0.4, -0.2) is 226 Å². The zero-order valence-corrected chi connectivity index (χ0v) is 45.7. The van der Waals surface area contributed by atoms with Crippen molar-refractivity contribution in [3.63, 3.8) is 0 Å². The van der Waals surface area contributed by atoms with Crippen LogP contribution >= 0.6 is 0 Å². The van der Waals surface area contributed by atoms with Gasteiger partial charge in [0.1, 0.15) is 60.2 Å². The molecule has 0 aromatic rings. The maximum atomic E-state index is 14.1. The molecule has 10 N–H and O–H groups in total. The molecule has 0 aliphatic carbocycles. The number of carbonyl (C=O) groups is 11. The first-order valence-electron chi connectivity index (χ1n) is 24.3. The molecule has 0 spiro atoms. The van der Waals surface area contributed by atoms with Crippen molar-refractivity contribution in [2.45, 2.75) is 169 Å². The first-order valence-corrected chi connectivity index (χ1v) is 24.3. The number of allylic oxidation sites excluding steroid dienone is 2. The number of Topliss-reactive ketones (excluding diaryl/α,β-unsaturated/α-hetero) is 1. The molecule has 0 radical (unpaired) electrons. The molecule has 25 heteroatoms. The lowest BCUT2D eigenvalue weighted by Gasteiger charge is -2.38. The number of amides is 10. The lowest BCUT2D eigenvalue weighted by Crippen LogP contribution is -2.63. The van der Waals surface area contributed by atoms with Crippen molar-refractivity contribution in [2.24, 2.45) is 17.6 Å². The minimum atomic E-state index is -1.66. The van der Waals surface area contributed by atoms with E-state index in [0.29, 0.717) is 0 Å². The summed E-state index contributed by atoms with van der Waals surface area (Å²) in [4.78, 5) is 151. The number of nitrogens with two attached hydrogens (primary N) is 1. The molecule has 0 aromatic heterocycles. The van der Waals surface area contributed by atoms with Crippen LogP contribution in [-0.2, 0) is 52.7 Å². The van der Waals surface area contributed by atoms with Gasteiger partial charge in [-0.15, -0.1) is 0 Å². The number of hydrogen-bond acceptors (Lipinski definition) is 15. The van der Waals surface area contributed by atoms with Crippen molar-refractivity contribution in [3.05, 3.63) is 12.2 Å². The van der Waals surface area contributed by atoms with E-state index in [1.54, 1.807) is 32.9 Å². The van der Waals surface area contributed by atoms with Crippen LogP contribution in [0.4, 0.5) is 0 Å². The third-order valence-electron chi connectivity index (χ3n) is 12.6. The number of nitrogens with zero attached hydrogens (tertiary/aromatic N) is 5. The fourth-order valence-electron chi connectivity index (χ4n) is 7.34. The maximum absolute atomic E-state index is 14.1. The SMILES string of the molecule is C/C=C/C[C@@H](C)[C@@H](O)[C@H](C(=O)N[C@H](C(=O)N(C)CC(C)=O)[C@@H](C)O)N(C)C(=O)[C@H](C)N(C)C(=O)[C@H](C)NC(=O)[C@@H](CC(C)CO)N(C)C(=O)[C@@H](C)NC(=O)[C@H](C)NC(=O)[C@@H](C)N(C)C(=O)[C@H](C)NC(=O)[C@@H](C)N. The van der Waals surface area contributed by atoms with Crippen LogP contribution in [0.3, 0.4) is 0 Å². The third kappa shape index (κ3) is 20.1. The topological polar surface area (TPSA) is 351 Å². The van der Waals surface area contributed by atoms with Gasteiger partial charge >= 0.3 is 0 Å². The second-order valence-corrected chi connectivity index (χ2v) is 19.2. The van der Waals surface area contributed by atoms with Gasteiger partial charge < -0.3 is 72.1 Å². The van der Waals surface area contributed by atoms with E-state index in [9.17, 15) is 68.1 Å². The van der Waals surface area contributed by atoms with Gasteiger partial charge in [0.25, 0.3) is 0 Å². The Labute approximate surface area is 429 Å². The number of aliphatic hydroxyl groups excluding tert-OH is 3. The Balaban J connectivity index is 6.28. The summed E-state index contributed by atoms with van der Waals surface area (Å²) >= 11 is 0. The van der Waals surface area contributed by atoms with Crippen molar-refractivity contribution in [3.8, 4) is 0 Å². The van der Waals surface area contributed by atoms with E-state index in [2.05, 4.69) is 26.6 Å². The molecule has 0 bridgehead atoms. The lowest BCUT2D eigenvalue weighted by molar-refractivity contribution is -0.152. The summed E-state index contributed by atoms with van der Waals surface area (Å²) in [6, 6.07) is -12.7. The first kappa shape index (κ1) is 67.0. The molecule has 0 aliphatic heterocycles. The first-order chi connectivity index (χ1) is 33.6. The zero-order chi connectivity index (χ0) is 57.1. The van der Waals surface area contributed by atoms with E-state index in [1.807, 2.05) is 0 Å². The van der Waals surface area contributed by atoms with Crippen LogP contribution in [0, 0.1) is 11.8 Å². The predicted molar refractivity (Wildman–Crippen MR) is 269 cm³/mol. The largest absolute Gasteiger partial charge is 0.396 e. The summed E-state index contributed by atoms with van der Waals surface area (Å²) in [6.45, 7) is 16.5. The number of rotatable bonds is 29. The van der Waals surface area contributed by atoms with E-state index in [0.717, 1.165) is 24.5 Å². The molecule has 10 amide bonds. The van der Waals surface area contributed by atoms with E-state index >= 15 is 0 Å². The van der Waals surface area contributed by atoms with Crippen molar-refractivity contribution in [1.82, 2.24) is 51.1 Å². The van der Waals surface area contributed by atoms with Crippen LogP contribution in [0.2, 0.25) is 0 Å². The molecule has 0 saturated heterocycles. The second-order valence-electron chi connectivity index (χ2n) is 19.2. The van der Waals surface area contributed by atoms with Crippen molar-refractivity contribution in [1.29, 1.82) is 0 Å². The molecular weight excluding hydrogens is 955 g/mol. The maximum Gasteiger partial charge on any atom is 0.247 e. The van der Waals surface area contributed by atoms with Gasteiger partial charge in [-0.05, 0) is 93.9 Å². The quantitative estimate of drug-likeness (QED) is 0.0330. The molecule has 0 saturated carbocycles. The second kappa shape index (κ2) is 30.9. The molecule has 14 atom stereocenters. The molecule has 1 unspecified atom stereocenters. The highest BCUT2D eigenvalue weighted by Gasteiger charge is 2.42. The Bertz CT molecular complexity index is 1990. The van der Waals surface area contributed by atoms with Gasteiger partial charge in [0, 0.05) is 41.8 Å². The molecular formula is C48H85N11O14. The van der Waals surface area contributed by atoms with Crippen LogP contribution < -0.4 is 32.3 Å². The summed E-state index contributed by atoms with van der Waals surface area (Å²) < 4.78 is 0. The molecule has 0 rings (SSSR count). The van der Waals surface area contributed by atoms with Gasteiger partial charge in [-0.3, -0.25) is 52.7 Å². The normalized spacial score (nSPS) is 17.1. The number of likely N-dealkylation sites (N-methyl/N-ethyl adjacent to an activating group) is 5. The molecule has 73 heavy (non-hydrogen) atoms. The molecule has 0 aliphatic rings. The minimum Gasteiger partial charge on any atom is -0.396 e. The van der Waals surface area contributed by atoms with Gasteiger partial charge in [0.2, 0.25) is 59.1 Å². The standard InChI is InChI=1S/C48H85N11O14/c1-18-19-20-25(3)38(63)37(43(68)54-36(34(12)62)48(73)55(13)22-26(4)61)59(17)47(72)33(11)57(15)45(70)30(8)53-42(67)35(21-24(2)23-60)58(16)46(71)31(9)52-40(65)28(6)50-41(66)32(10)56(14)44(69)29(7)51-39(64)27(5)49/h18-19,24-25,27-38,60,62-63H,20-23,49H2,1-17H3,(H,50,66)(H,51,64)(H,52,65)(H,53,67)(H,54,68)/b19-18+/t24?,25-,27-,28+,29+,30+,31-,32-,33+,34-,35-,36+,37-,38-/m1/s1. The van der Waals surface area contributed by atoms with E-state index in [4.69, 9.17) is 5.73 Å². The van der Waals surface area contributed by atoms with Crippen molar-refractivity contribution >= 4 is 64.9 Å². The Morgan fingerprint density at radius 3 is 1.45 bits per heavy atom. The van der Waals surface area contributed by atoms with Crippen LogP contribution in [0.5, 0.6) is 0 Å². The Morgan fingerprint density at radius 1 is 0.548 bits per heavy atom. The highest BCUT2D eigenvalue weighted by Crippen LogP contribution is 2.20. The number of aliphatic hydroxyl groups is 3. The average Bonchev–Trinajstić information content (AvgIpc) is 3.32. The Hall–Kier alpha value is -6.05. The summed E-state index contributed by atoms with van der Waals surface area (Å²) in [6.07, 6.45) is 0.662. The average molecular weight is 1040 g/mol.